The summed E-state index contributed by atoms with van der Waals surface area (Å²) in [6.45, 7) is 6.16. The van der Waals surface area contributed by atoms with Crippen LogP contribution in [0.5, 0.6) is 0 Å². The van der Waals surface area contributed by atoms with Crippen LogP contribution in [0, 0.1) is 5.92 Å². The molecule has 0 unspecified atom stereocenters. The lowest BCUT2D eigenvalue weighted by Gasteiger charge is -2.18. The minimum atomic E-state index is 0.118. The van der Waals surface area contributed by atoms with Gasteiger partial charge in [0.05, 0.1) is 0 Å². The van der Waals surface area contributed by atoms with Crippen molar-refractivity contribution in [2.24, 2.45) is 5.92 Å². The molecule has 1 amide bonds. The van der Waals surface area contributed by atoms with Gasteiger partial charge in [-0.2, -0.15) is 0 Å². The number of nitrogens with one attached hydrogen (secondary N) is 1. The molecule has 98 valence electrons. The van der Waals surface area contributed by atoms with E-state index in [9.17, 15) is 4.79 Å². The first-order chi connectivity index (χ1) is 8.58. The average molecular weight is 246 g/mol. The van der Waals surface area contributed by atoms with Gasteiger partial charge in [0, 0.05) is 31.4 Å². The molecule has 1 N–H and O–H groups in total. The molecule has 1 aromatic rings. The third kappa shape index (κ3) is 2.84. The van der Waals surface area contributed by atoms with Crippen LogP contribution in [0.4, 0.5) is 5.69 Å². The maximum atomic E-state index is 12.3. The molecular formula is C15H22N2O. The first-order valence-electron chi connectivity index (χ1n) is 6.70. The van der Waals surface area contributed by atoms with E-state index < -0.39 is 0 Å². The zero-order valence-corrected chi connectivity index (χ0v) is 11.5. The van der Waals surface area contributed by atoms with E-state index in [-0.39, 0.29) is 5.91 Å². The summed E-state index contributed by atoms with van der Waals surface area (Å²) in [7, 11) is 1.88. The van der Waals surface area contributed by atoms with Gasteiger partial charge in [-0.3, -0.25) is 4.79 Å². The zero-order chi connectivity index (χ0) is 13.1. The third-order valence-corrected chi connectivity index (χ3v) is 3.46. The summed E-state index contributed by atoms with van der Waals surface area (Å²) in [4.78, 5) is 14.1. The van der Waals surface area contributed by atoms with Crippen molar-refractivity contribution in [3.05, 3.63) is 29.3 Å². The number of carbonyl (C=O) groups excluding carboxylic acids is 1. The second kappa shape index (κ2) is 5.42. The topological polar surface area (TPSA) is 32.3 Å². The smallest absolute Gasteiger partial charge is 0.253 e. The fourth-order valence-electron chi connectivity index (χ4n) is 2.20. The van der Waals surface area contributed by atoms with Gasteiger partial charge >= 0.3 is 0 Å². The number of carbonyl (C=O) groups is 1. The summed E-state index contributed by atoms with van der Waals surface area (Å²) in [6, 6.07) is 6.00. The van der Waals surface area contributed by atoms with Gasteiger partial charge in [0.25, 0.3) is 5.91 Å². The number of anilines is 1. The Bertz CT molecular complexity index is 440. The number of hydrogen-bond donors (Lipinski definition) is 1. The summed E-state index contributed by atoms with van der Waals surface area (Å²) in [5.74, 6) is 0.745. The van der Waals surface area contributed by atoms with Gasteiger partial charge in [-0.1, -0.05) is 19.9 Å². The highest BCUT2D eigenvalue weighted by Crippen LogP contribution is 2.23. The fraction of sp³-hybridized carbons (Fsp3) is 0.533. The first-order valence-corrected chi connectivity index (χ1v) is 6.70. The second-order valence-electron chi connectivity index (χ2n) is 5.46. The largest absolute Gasteiger partial charge is 0.384 e. The van der Waals surface area contributed by atoms with E-state index in [4.69, 9.17) is 0 Å². The molecule has 0 atom stereocenters. The van der Waals surface area contributed by atoms with Crippen molar-refractivity contribution in [3.8, 4) is 0 Å². The van der Waals surface area contributed by atoms with Gasteiger partial charge in [-0.05, 0) is 36.5 Å². The van der Waals surface area contributed by atoms with Crippen molar-refractivity contribution < 1.29 is 4.79 Å². The average Bonchev–Trinajstić information content (AvgIpc) is 2.81. The fourth-order valence-corrected chi connectivity index (χ4v) is 2.20. The van der Waals surface area contributed by atoms with E-state index in [2.05, 4.69) is 25.2 Å². The normalized spacial score (nSPS) is 13.3. The molecule has 3 nitrogen and oxygen atoms in total. The lowest BCUT2D eigenvalue weighted by Crippen LogP contribution is -2.28. The van der Waals surface area contributed by atoms with E-state index in [0.29, 0.717) is 5.92 Å². The van der Waals surface area contributed by atoms with Crippen molar-refractivity contribution in [2.45, 2.75) is 26.7 Å². The van der Waals surface area contributed by atoms with Crippen molar-refractivity contribution in [2.75, 3.05) is 25.5 Å². The Kier molecular flexibility index (Phi) is 3.90. The molecule has 0 fully saturated rings. The van der Waals surface area contributed by atoms with Gasteiger partial charge in [-0.15, -0.1) is 0 Å². The lowest BCUT2D eigenvalue weighted by molar-refractivity contribution is 0.0789. The summed E-state index contributed by atoms with van der Waals surface area (Å²) < 4.78 is 0. The standard InChI is InChI=1S/C15H22N2O/c1-11(2)7-9-17(3)15(18)13-5-4-12-6-8-16-14(12)10-13/h4-5,10-11,16H,6-9H2,1-3H3. The van der Waals surface area contributed by atoms with Gasteiger partial charge in [0.1, 0.15) is 0 Å². The predicted octanol–water partition coefficient (Wildman–Crippen LogP) is 2.77. The Morgan fingerprint density at radius 3 is 2.94 bits per heavy atom. The van der Waals surface area contributed by atoms with E-state index in [1.165, 1.54) is 5.56 Å². The van der Waals surface area contributed by atoms with Crippen LogP contribution in [-0.4, -0.2) is 30.9 Å². The Balaban J connectivity index is 2.04. The molecule has 1 heterocycles. The Labute approximate surface area is 109 Å². The van der Waals surface area contributed by atoms with Gasteiger partial charge in [-0.25, -0.2) is 0 Å². The number of nitrogens with zero attached hydrogens (tertiary/aromatic N) is 1. The molecular weight excluding hydrogens is 224 g/mol. The molecule has 2 rings (SSSR count). The highest BCUT2D eigenvalue weighted by Gasteiger charge is 2.16. The molecule has 3 heteroatoms. The number of rotatable bonds is 4. The SMILES string of the molecule is CC(C)CCN(C)C(=O)c1ccc2c(c1)NCC2. The van der Waals surface area contributed by atoms with E-state index in [1.54, 1.807) is 0 Å². The highest BCUT2D eigenvalue weighted by molar-refractivity contribution is 5.95. The van der Waals surface area contributed by atoms with Crippen LogP contribution >= 0.6 is 0 Å². The third-order valence-electron chi connectivity index (χ3n) is 3.46. The molecule has 0 saturated heterocycles. The summed E-state index contributed by atoms with van der Waals surface area (Å²) in [5.41, 5.74) is 3.23. The number of benzene rings is 1. The molecule has 0 bridgehead atoms. The molecule has 0 radical (unpaired) electrons. The molecule has 1 aliphatic rings. The van der Waals surface area contributed by atoms with Gasteiger partial charge in [0.2, 0.25) is 0 Å². The molecule has 0 saturated carbocycles. The minimum absolute atomic E-state index is 0.118. The molecule has 0 aromatic heterocycles. The summed E-state index contributed by atoms with van der Waals surface area (Å²) in [6.07, 6.45) is 2.11. The predicted molar refractivity (Wildman–Crippen MR) is 75.1 cm³/mol. The second-order valence-corrected chi connectivity index (χ2v) is 5.46. The quantitative estimate of drug-likeness (QED) is 0.886. The number of hydrogen-bond acceptors (Lipinski definition) is 2. The zero-order valence-electron chi connectivity index (χ0n) is 11.5. The molecule has 18 heavy (non-hydrogen) atoms. The van der Waals surface area contributed by atoms with Crippen LogP contribution in [0.15, 0.2) is 18.2 Å². The lowest BCUT2D eigenvalue weighted by atomic mass is 10.1. The molecule has 0 spiro atoms. The van der Waals surface area contributed by atoms with E-state index in [0.717, 1.165) is 37.2 Å². The summed E-state index contributed by atoms with van der Waals surface area (Å²) >= 11 is 0. The van der Waals surface area contributed by atoms with Crippen LogP contribution in [0.3, 0.4) is 0 Å². The monoisotopic (exact) mass is 246 g/mol. The van der Waals surface area contributed by atoms with E-state index >= 15 is 0 Å². The maximum Gasteiger partial charge on any atom is 0.253 e. The van der Waals surface area contributed by atoms with Crippen LogP contribution in [-0.2, 0) is 6.42 Å². The Morgan fingerprint density at radius 2 is 2.22 bits per heavy atom. The number of amides is 1. The number of fused-ring (bicyclic) bond motifs is 1. The van der Waals surface area contributed by atoms with Gasteiger partial charge in [0.15, 0.2) is 0 Å². The van der Waals surface area contributed by atoms with Crippen molar-refractivity contribution in [1.82, 2.24) is 4.90 Å². The first kappa shape index (κ1) is 12.9. The van der Waals surface area contributed by atoms with Crippen molar-refractivity contribution in [1.29, 1.82) is 0 Å². The maximum absolute atomic E-state index is 12.3. The van der Waals surface area contributed by atoms with Crippen molar-refractivity contribution in [3.63, 3.8) is 0 Å². The van der Waals surface area contributed by atoms with Crippen LogP contribution in [0.25, 0.3) is 0 Å². The van der Waals surface area contributed by atoms with Crippen molar-refractivity contribution >= 4 is 11.6 Å². The van der Waals surface area contributed by atoms with E-state index in [1.807, 2.05) is 24.1 Å². The minimum Gasteiger partial charge on any atom is -0.384 e. The Hall–Kier alpha value is -1.51. The molecule has 1 aromatic carbocycles. The highest BCUT2D eigenvalue weighted by atomic mass is 16.2. The van der Waals surface area contributed by atoms with Crippen LogP contribution < -0.4 is 5.32 Å². The van der Waals surface area contributed by atoms with Crippen LogP contribution in [0.2, 0.25) is 0 Å². The molecule has 0 aliphatic carbocycles. The van der Waals surface area contributed by atoms with Crippen LogP contribution in [0.1, 0.15) is 36.2 Å². The Morgan fingerprint density at radius 1 is 1.44 bits per heavy atom. The summed E-state index contributed by atoms with van der Waals surface area (Å²) in [5, 5.41) is 3.31. The van der Waals surface area contributed by atoms with Gasteiger partial charge < -0.3 is 10.2 Å². The molecule has 1 aliphatic heterocycles.